The Kier molecular flexibility index (Phi) is 6.13. The fourth-order valence-electron chi connectivity index (χ4n) is 4.12. The summed E-state index contributed by atoms with van der Waals surface area (Å²) in [7, 11) is 1.60. The number of amides is 2. The number of piperidine rings is 1. The van der Waals surface area contributed by atoms with Crippen molar-refractivity contribution >= 4 is 40.5 Å². The van der Waals surface area contributed by atoms with Gasteiger partial charge in [-0.3, -0.25) is 9.59 Å². The highest BCUT2D eigenvalue weighted by molar-refractivity contribution is 6.33. The highest BCUT2D eigenvalue weighted by Gasteiger charge is 2.35. The Morgan fingerprint density at radius 1 is 1.10 bits per heavy atom. The SMILES string of the molecule is COc1ccc(N2C[C@H](C(=O)Nc3ccc(N4CCCCC4)c(Cl)c3)CC2=O)cc1. The highest BCUT2D eigenvalue weighted by atomic mass is 35.5. The molecular formula is C23H26ClN3O3. The number of methoxy groups -OCH3 is 1. The van der Waals surface area contributed by atoms with Crippen molar-refractivity contribution in [3.63, 3.8) is 0 Å². The zero-order chi connectivity index (χ0) is 21.1. The molecule has 2 heterocycles. The van der Waals surface area contributed by atoms with Crippen LogP contribution in [0.25, 0.3) is 0 Å². The second-order valence-corrected chi connectivity index (χ2v) is 8.21. The molecule has 0 bridgehead atoms. The van der Waals surface area contributed by atoms with Crippen molar-refractivity contribution in [2.24, 2.45) is 5.92 Å². The minimum atomic E-state index is -0.403. The molecule has 1 N–H and O–H groups in total. The maximum absolute atomic E-state index is 12.8. The van der Waals surface area contributed by atoms with Crippen LogP contribution in [-0.4, -0.2) is 38.6 Å². The molecule has 7 heteroatoms. The minimum Gasteiger partial charge on any atom is -0.497 e. The van der Waals surface area contributed by atoms with Crippen molar-refractivity contribution in [1.82, 2.24) is 0 Å². The van der Waals surface area contributed by atoms with Gasteiger partial charge in [0.15, 0.2) is 0 Å². The van der Waals surface area contributed by atoms with E-state index < -0.39 is 5.92 Å². The van der Waals surface area contributed by atoms with E-state index >= 15 is 0 Å². The first-order chi connectivity index (χ1) is 14.5. The average Bonchev–Trinajstić information content (AvgIpc) is 3.16. The van der Waals surface area contributed by atoms with E-state index in [1.807, 2.05) is 36.4 Å². The molecule has 2 aromatic carbocycles. The molecule has 2 aliphatic rings. The summed E-state index contributed by atoms with van der Waals surface area (Å²) in [6.45, 7) is 2.38. The Bertz CT molecular complexity index is 926. The topological polar surface area (TPSA) is 61.9 Å². The Labute approximate surface area is 181 Å². The number of benzene rings is 2. The van der Waals surface area contributed by atoms with E-state index in [0.29, 0.717) is 17.3 Å². The Hall–Kier alpha value is -2.73. The van der Waals surface area contributed by atoms with Crippen LogP contribution in [0.4, 0.5) is 17.1 Å². The van der Waals surface area contributed by atoms with Crippen LogP contribution in [0.15, 0.2) is 42.5 Å². The molecule has 0 radical (unpaired) electrons. The molecule has 158 valence electrons. The predicted octanol–water partition coefficient (Wildman–Crippen LogP) is 4.33. The summed E-state index contributed by atoms with van der Waals surface area (Å²) in [6.07, 6.45) is 3.80. The second-order valence-electron chi connectivity index (χ2n) is 7.81. The van der Waals surface area contributed by atoms with Crippen molar-refractivity contribution < 1.29 is 14.3 Å². The molecule has 2 aliphatic heterocycles. The molecule has 2 fully saturated rings. The standard InChI is InChI=1S/C23H26ClN3O3/c1-30-19-8-6-18(7-9-19)27-15-16(13-22(27)28)23(29)25-17-5-10-21(20(24)14-17)26-11-3-2-4-12-26/h5-10,14,16H,2-4,11-13,15H2,1H3,(H,25,29)/t16-/m1/s1. The Morgan fingerprint density at radius 3 is 2.50 bits per heavy atom. The zero-order valence-corrected chi connectivity index (χ0v) is 17.8. The second kappa shape index (κ2) is 8.96. The molecule has 30 heavy (non-hydrogen) atoms. The van der Waals surface area contributed by atoms with Gasteiger partial charge in [-0.05, 0) is 61.7 Å². The summed E-state index contributed by atoms with van der Waals surface area (Å²) in [6, 6.07) is 12.9. The van der Waals surface area contributed by atoms with Crippen LogP contribution in [0.1, 0.15) is 25.7 Å². The van der Waals surface area contributed by atoms with Gasteiger partial charge in [0.2, 0.25) is 11.8 Å². The van der Waals surface area contributed by atoms with Crippen LogP contribution >= 0.6 is 11.6 Å². The Morgan fingerprint density at radius 2 is 1.83 bits per heavy atom. The van der Waals surface area contributed by atoms with Gasteiger partial charge in [0.1, 0.15) is 5.75 Å². The normalized spacial score (nSPS) is 19.1. The average molecular weight is 428 g/mol. The number of nitrogens with zero attached hydrogens (tertiary/aromatic N) is 2. The molecular weight excluding hydrogens is 402 g/mol. The first-order valence-corrected chi connectivity index (χ1v) is 10.7. The minimum absolute atomic E-state index is 0.0567. The third-order valence-corrected chi connectivity index (χ3v) is 6.09. The van der Waals surface area contributed by atoms with E-state index in [1.165, 1.54) is 19.3 Å². The lowest BCUT2D eigenvalue weighted by Gasteiger charge is -2.29. The molecule has 1 atom stereocenters. The Balaban J connectivity index is 1.40. The lowest BCUT2D eigenvalue weighted by Crippen LogP contribution is -2.29. The number of hydrogen-bond acceptors (Lipinski definition) is 4. The quantitative estimate of drug-likeness (QED) is 0.771. The number of nitrogens with one attached hydrogen (secondary N) is 1. The van der Waals surface area contributed by atoms with Gasteiger partial charge in [0.25, 0.3) is 0 Å². The van der Waals surface area contributed by atoms with Gasteiger partial charge in [-0.25, -0.2) is 0 Å². The number of carbonyl (C=O) groups is 2. The number of halogens is 1. The molecule has 0 spiro atoms. The molecule has 2 amide bonds. The summed E-state index contributed by atoms with van der Waals surface area (Å²) in [5.41, 5.74) is 2.43. The van der Waals surface area contributed by atoms with Gasteiger partial charge in [-0.1, -0.05) is 11.6 Å². The monoisotopic (exact) mass is 427 g/mol. The highest BCUT2D eigenvalue weighted by Crippen LogP contribution is 2.32. The van der Waals surface area contributed by atoms with Crippen molar-refractivity contribution in [2.45, 2.75) is 25.7 Å². The third-order valence-electron chi connectivity index (χ3n) is 5.79. The van der Waals surface area contributed by atoms with E-state index in [2.05, 4.69) is 10.2 Å². The van der Waals surface area contributed by atoms with Crippen molar-refractivity contribution in [3.05, 3.63) is 47.5 Å². The lowest BCUT2D eigenvalue weighted by atomic mass is 10.1. The van der Waals surface area contributed by atoms with Crippen molar-refractivity contribution in [3.8, 4) is 5.75 Å². The molecule has 0 saturated carbocycles. The number of hydrogen-bond donors (Lipinski definition) is 1. The predicted molar refractivity (Wildman–Crippen MR) is 120 cm³/mol. The first-order valence-electron chi connectivity index (χ1n) is 10.3. The van der Waals surface area contributed by atoms with Gasteiger partial charge in [0, 0.05) is 37.4 Å². The molecule has 2 saturated heterocycles. The van der Waals surface area contributed by atoms with Crippen LogP contribution in [-0.2, 0) is 9.59 Å². The van der Waals surface area contributed by atoms with Gasteiger partial charge in [0.05, 0.1) is 23.7 Å². The van der Waals surface area contributed by atoms with E-state index in [4.69, 9.17) is 16.3 Å². The van der Waals surface area contributed by atoms with Crippen LogP contribution in [0.2, 0.25) is 5.02 Å². The zero-order valence-electron chi connectivity index (χ0n) is 17.1. The van der Waals surface area contributed by atoms with Crippen LogP contribution < -0.4 is 19.9 Å². The summed E-state index contributed by atoms with van der Waals surface area (Å²) in [5.74, 6) is 0.102. The van der Waals surface area contributed by atoms with E-state index in [-0.39, 0.29) is 18.2 Å². The van der Waals surface area contributed by atoms with Crippen LogP contribution in [0.5, 0.6) is 5.75 Å². The van der Waals surface area contributed by atoms with Gasteiger partial charge in [-0.2, -0.15) is 0 Å². The smallest absolute Gasteiger partial charge is 0.229 e. The number of carbonyl (C=O) groups excluding carboxylic acids is 2. The maximum atomic E-state index is 12.8. The lowest BCUT2D eigenvalue weighted by molar-refractivity contribution is -0.122. The molecule has 0 aliphatic carbocycles. The molecule has 0 aromatic heterocycles. The van der Waals surface area contributed by atoms with E-state index in [9.17, 15) is 9.59 Å². The number of anilines is 3. The molecule has 4 rings (SSSR count). The van der Waals surface area contributed by atoms with E-state index in [0.717, 1.165) is 30.2 Å². The van der Waals surface area contributed by atoms with Gasteiger partial charge in [-0.15, -0.1) is 0 Å². The fourth-order valence-corrected chi connectivity index (χ4v) is 4.42. The molecule has 0 unspecified atom stereocenters. The number of rotatable bonds is 5. The van der Waals surface area contributed by atoms with E-state index in [1.54, 1.807) is 18.1 Å². The first kappa shape index (κ1) is 20.5. The van der Waals surface area contributed by atoms with Crippen LogP contribution in [0, 0.1) is 5.92 Å². The summed E-state index contributed by atoms with van der Waals surface area (Å²) in [5, 5.41) is 3.56. The van der Waals surface area contributed by atoms with Crippen molar-refractivity contribution in [1.29, 1.82) is 0 Å². The van der Waals surface area contributed by atoms with Gasteiger partial charge >= 0.3 is 0 Å². The largest absolute Gasteiger partial charge is 0.497 e. The van der Waals surface area contributed by atoms with Gasteiger partial charge < -0.3 is 19.9 Å². The maximum Gasteiger partial charge on any atom is 0.229 e. The number of ether oxygens (including phenoxy) is 1. The van der Waals surface area contributed by atoms with Crippen LogP contribution in [0.3, 0.4) is 0 Å². The summed E-state index contributed by atoms with van der Waals surface area (Å²) >= 11 is 6.49. The van der Waals surface area contributed by atoms with Crippen molar-refractivity contribution in [2.75, 3.05) is 41.9 Å². The molecule has 6 nitrogen and oxygen atoms in total. The molecule has 2 aromatic rings. The fraction of sp³-hybridized carbons (Fsp3) is 0.391. The third kappa shape index (κ3) is 4.38. The summed E-state index contributed by atoms with van der Waals surface area (Å²) < 4.78 is 5.16. The summed E-state index contributed by atoms with van der Waals surface area (Å²) in [4.78, 5) is 29.2.